The molecule has 0 fully saturated rings. The maximum atomic E-state index is 12.5. The second-order valence-electron chi connectivity index (χ2n) is 7.92. The van der Waals surface area contributed by atoms with Gasteiger partial charge in [-0.3, -0.25) is 14.4 Å². The summed E-state index contributed by atoms with van der Waals surface area (Å²) in [5, 5.41) is 0. The first-order chi connectivity index (χ1) is 20.3. The minimum atomic E-state index is -0.597. The van der Waals surface area contributed by atoms with Crippen molar-refractivity contribution in [3.63, 3.8) is 0 Å². The van der Waals surface area contributed by atoms with Crippen LogP contribution in [0, 0.1) is 0 Å². The summed E-state index contributed by atoms with van der Waals surface area (Å²) >= 11 is 0. The SMILES string of the molecule is C=CC(=O)Oc1cc(CCC(=O)Oc2ccc(-c3ccc(OC)cc3)cc2OC)ccc1OC.C=CC=O.C=CC=O. The Hall–Kier alpha value is -5.44. The van der Waals surface area contributed by atoms with E-state index in [2.05, 4.69) is 19.7 Å². The highest BCUT2D eigenvalue weighted by Crippen LogP contribution is 2.34. The van der Waals surface area contributed by atoms with Gasteiger partial charge in [0.25, 0.3) is 0 Å². The molecule has 42 heavy (non-hydrogen) atoms. The van der Waals surface area contributed by atoms with Crippen molar-refractivity contribution in [2.45, 2.75) is 12.8 Å². The largest absolute Gasteiger partial charge is 0.497 e. The zero-order valence-electron chi connectivity index (χ0n) is 23.9. The lowest BCUT2D eigenvalue weighted by atomic mass is 10.0. The second-order valence-corrected chi connectivity index (χ2v) is 7.92. The predicted octanol–water partition coefficient (Wildman–Crippen LogP) is 5.75. The summed E-state index contributed by atoms with van der Waals surface area (Å²) in [6.07, 6.45) is 5.23. The summed E-state index contributed by atoms with van der Waals surface area (Å²) in [5.74, 6) is 1.20. The highest BCUT2D eigenvalue weighted by Gasteiger charge is 2.14. The Morgan fingerprint density at radius 2 is 1.24 bits per heavy atom. The van der Waals surface area contributed by atoms with Crippen LogP contribution in [0.1, 0.15) is 12.0 Å². The van der Waals surface area contributed by atoms with Crippen molar-refractivity contribution < 1.29 is 42.9 Å². The molecule has 0 amide bonds. The summed E-state index contributed by atoms with van der Waals surface area (Å²) in [4.78, 5) is 42.2. The first-order valence-electron chi connectivity index (χ1n) is 12.5. The molecule has 0 atom stereocenters. The van der Waals surface area contributed by atoms with Gasteiger partial charge in [-0.1, -0.05) is 44.0 Å². The molecule has 220 valence electrons. The third-order valence-electron chi connectivity index (χ3n) is 5.23. The lowest BCUT2D eigenvalue weighted by molar-refractivity contribution is -0.134. The highest BCUT2D eigenvalue weighted by atomic mass is 16.6. The fourth-order valence-electron chi connectivity index (χ4n) is 3.24. The summed E-state index contributed by atoms with van der Waals surface area (Å²) < 4.78 is 26.6. The van der Waals surface area contributed by atoms with Gasteiger partial charge >= 0.3 is 11.9 Å². The fourth-order valence-corrected chi connectivity index (χ4v) is 3.24. The van der Waals surface area contributed by atoms with Crippen molar-refractivity contribution in [3.8, 4) is 39.9 Å². The molecule has 0 radical (unpaired) electrons. The molecule has 0 aliphatic carbocycles. The Bertz CT molecular complexity index is 1330. The maximum absolute atomic E-state index is 12.5. The summed E-state index contributed by atoms with van der Waals surface area (Å²) in [7, 11) is 4.62. The smallest absolute Gasteiger partial charge is 0.335 e. The van der Waals surface area contributed by atoms with Crippen molar-refractivity contribution in [1.29, 1.82) is 0 Å². The first-order valence-corrected chi connectivity index (χ1v) is 12.5. The fraction of sp³-hybridized carbons (Fsp3) is 0.152. The molecule has 0 saturated heterocycles. The van der Waals surface area contributed by atoms with Crippen molar-refractivity contribution in [2.24, 2.45) is 0 Å². The van der Waals surface area contributed by atoms with Crippen LogP contribution in [-0.2, 0) is 25.6 Å². The number of esters is 2. The van der Waals surface area contributed by atoms with E-state index in [1.807, 2.05) is 36.4 Å². The molecule has 0 spiro atoms. The van der Waals surface area contributed by atoms with Gasteiger partial charge in [0.1, 0.15) is 18.3 Å². The number of allylic oxidation sites excluding steroid dienone is 2. The van der Waals surface area contributed by atoms with E-state index in [-0.39, 0.29) is 12.2 Å². The van der Waals surface area contributed by atoms with Gasteiger partial charge in [0.05, 0.1) is 21.3 Å². The standard InChI is InChI=1S/C27H26O7.2C3H4O/c1-5-26(28)34-25-16-18(6-13-22(25)31-3)7-15-27(29)33-23-14-10-20(17-24(23)32-4)19-8-11-21(30-2)12-9-19;2*1-2-3-4/h5-6,8-14,16-17H,1,7,15H2,2-4H3;2*2-3H,1H2. The van der Waals surface area contributed by atoms with Crippen LogP contribution < -0.4 is 23.7 Å². The lowest BCUT2D eigenvalue weighted by Gasteiger charge is -2.12. The van der Waals surface area contributed by atoms with Crippen LogP contribution in [-0.4, -0.2) is 45.8 Å². The maximum Gasteiger partial charge on any atom is 0.335 e. The molecule has 0 saturated carbocycles. The molecule has 0 bridgehead atoms. The number of benzene rings is 3. The molecule has 0 aliphatic rings. The Kier molecular flexibility index (Phi) is 16.1. The van der Waals surface area contributed by atoms with E-state index in [9.17, 15) is 9.59 Å². The van der Waals surface area contributed by atoms with Crippen LogP contribution in [0.4, 0.5) is 0 Å². The summed E-state index contributed by atoms with van der Waals surface area (Å²) in [5.41, 5.74) is 2.68. The van der Waals surface area contributed by atoms with Gasteiger partial charge in [-0.05, 0) is 71.7 Å². The van der Waals surface area contributed by atoms with Crippen LogP contribution >= 0.6 is 0 Å². The van der Waals surface area contributed by atoms with E-state index in [1.165, 1.54) is 26.4 Å². The third-order valence-corrected chi connectivity index (χ3v) is 5.23. The zero-order chi connectivity index (χ0) is 31.3. The second kappa shape index (κ2) is 19.6. The Morgan fingerprint density at radius 3 is 1.76 bits per heavy atom. The van der Waals surface area contributed by atoms with Crippen LogP contribution in [0.2, 0.25) is 0 Å². The molecule has 0 aliphatic heterocycles. The van der Waals surface area contributed by atoms with E-state index >= 15 is 0 Å². The monoisotopic (exact) mass is 574 g/mol. The zero-order valence-corrected chi connectivity index (χ0v) is 23.9. The van der Waals surface area contributed by atoms with Crippen LogP contribution in [0.5, 0.6) is 28.7 Å². The molecule has 9 nitrogen and oxygen atoms in total. The molecular formula is C33H34O9. The van der Waals surface area contributed by atoms with Crippen LogP contribution in [0.15, 0.2) is 98.6 Å². The molecule has 0 aromatic heterocycles. The number of carbonyl (C=O) groups is 4. The van der Waals surface area contributed by atoms with Crippen molar-refractivity contribution in [3.05, 3.63) is 104 Å². The minimum Gasteiger partial charge on any atom is -0.497 e. The summed E-state index contributed by atoms with van der Waals surface area (Å²) in [6, 6.07) is 18.1. The average Bonchev–Trinajstić information content (AvgIpc) is 3.04. The first kappa shape index (κ1) is 34.6. The molecule has 3 aromatic carbocycles. The van der Waals surface area contributed by atoms with Gasteiger partial charge in [-0.15, -0.1) is 0 Å². The Labute approximate surface area is 245 Å². The van der Waals surface area contributed by atoms with Gasteiger partial charge in [0.15, 0.2) is 23.0 Å². The van der Waals surface area contributed by atoms with E-state index in [0.717, 1.165) is 28.5 Å². The number of carbonyl (C=O) groups excluding carboxylic acids is 4. The van der Waals surface area contributed by atoms with Crippen LogP contribution in [0.3, 0.4) is 0 Å². The topological polar surface area (TPSA) is 114 Å². The Morgan fingerprint density at radius 1 is 0.667 bits per heavy atom. The molecule has 9 heteroatoms. The van der Waals surface area contributed by atoms with Gasteiger partial charge in [-0.25, -0.2) is 4.79 Å². The number of aryl methyl sites for hydroxylation is 1. The van der Waals surface area contributed by atoms with Gasteiger partial charge in [0, 0.05) is 12.5 Å². The van der Waals surface area contributed by atoms with E-state index in [0.29, 0.717) is 36.2 Å². The van der Waals surface area contributed by atoms with Gasteiger partial charge < -0.3 is 23.7 Å². The summed E-state index contributed by atoms with van der Waals surface area (Å²) in [6.45, 7) is 9.61. The lowest BCUT2D eigenvalue weighted by Crippen LogP contribution is -2.10. The molecule has 3 rings (SSSR count). The van der Waals surface area contributed by atoms with Crippen molar-refractivity contribution >= 4 is 24.5 Å². The van der Waals surface area contributed by atoms with E-state index < -0.39 is 11.9 Å². The highest BCUT2D eigenvalue weighted by molar-refractivity contribution is 5.84. The number of hydrogen-bond donors (Lipinski definition) is 0. The number of hydrogen-bond acceptors (Lipinski definition) is 9. The number of aldehydes is 2. The van der Waals surface area contributed by atoms with E-state index in [4.69, 9.17) is 33.3 Å². The molecule has 0 unspecified atom stereocenters. The predicted molar refractivity (Wildman–Crippen MR) is 160 cm³/mol. The van der Waals surface area contributed by atoms with Crippen molar-refractivity contribution in [2.75, 3.05) is 21.3 Å². The van der Waals surface area contributed by atoms with Crippen LogP contribution in [0.25, 0.3) is 11.1 Å². The van der Waals surface area contributed by atoms with Gasteiger partial charge in [0.2, 0.25) is 0 Å². The average molecular weight is 575 g/mol. The quantitative estimate of drug-likeness (QED) is 0.115. The number of ether oxygens (including phenoxy) is 5. The number of methoxy groups -OCH3 is 3. The minimum absolute atomic E-state index is 0.116. The molecular weight excluding hydrogens is 540 g/mol. The molecule has 3 aromatic rings. The number of rotatable bonds is 12. The molecule has 0 heterocycles. The molecule has 0 N–H and O–H groups in total. The third kappa shape index (κ3) is 11.7. The van der Waals surface area contributed by atoms with E-state index in [1.54, 1.807) is 31.4 Å². The van der Waals surface area contributed by atoms with Crippen molar-refractivity contribution in [1.82, 2.24) is 0 Å². The normalized spacial score (nSPS) is 9.21. The van der Waals surface area contributed by atoms with Gasteiger partial charge in [-0.2, -0.15) is 0 Å². The Balaban J connectivity index is 0.000000978.